The zero-order chi connectivity index (χ0) is 43.1. The van der Waals surface area contributed by atoms with Gasteiger partial charge in [-0.2, -0.15) is 0 Å². The van der Waals surface area contributed by atoms with Gasteiger partial charge >= 0.3 is 18.2 Å². The van der Waals surface area contributed by atoms with Gasteiger partial charge < -0.3 is 27.0 Å². The van der Waals surface area contributed by atoms with Crippen molar-refractivity contribution in [1.82, 2.24) is 9.97 Å². The van der Waals surface area contributed by atoms with Gasteiger partial charge in [0.1, 0.15) is 76.2 Å². The maximum absolute atomic E-state index is 14.4. The van der Waals surface area contributed by atoms with Gasteiger partial charge in [0.15, 0.2) is 0 Å². The summed E-state index contributed by atoms with van der Waals surface area (Å²) in [6.07, 6.45) is -1.12. The summed E-state index contributed by atoms with van der Waals surface area (Å²) in [4.78, 5) is 44.0. The molecule has 0 bridgehead atoms. The van der Waals surface area contributed by atoms with E-state index in [0.29, 0.717) is 21.9 Å². The van der Waals surface area contributed by atoms with E-state index in [0.717, 1.165) is 66.7 Å². The standard InChI is InChI=1S/C20H14F4N4O3.C19H13F4N3O2/c21-11-5-6-12(15(24)8-11)17-10(9-31-20(26)30)4-7-16(27-17)28(19(25)29)18-13(22)2-1-3-14(18)23;20-11-5-6-12(15(23)8-11)17-10(9-27)4-7-16(25-17)26(19(24)28)18-13(21)2-1-3-14(18)22/h1-8H,9H2,(H2,25,29)(H2,26,30);1-8,27H,9H2,(H2,24,28). The third-order valence-corrected chi connectivity index (χ3v) is 8.06. The number of urea groups is 2. The summed E-state index contributed by atoms with van der Waals surface area (Å²) < 4.78 is 117. The molecule has 0 unspecified atom stereocenters. The Labute approximate surface area is 327 Å². The van der Waals surface area contributed by atoms with Crippen molar-refractivity contribution >= 4 is 41.2 Å². The molecule has 0 aliphatic heterocycles. The van der Waals surface area contributed by atoms with Crippen LogP contribution in [0.3, 0.4) is 0 Å². The first-order valence-corrected chi connectivity index (χ1v) is 16.5. The number of hydrogen-bond acceptors (Lipinski definition) is 7. The average molecular weight is 826 g/mol. The zero-order valence-electron chi connectivity index (χ0n) is 29.8. The topological polar surface area (TPSA) is 191 Å². The number of rotatable bonds is 9. The highest BCUT2D eigenvalue weighted by Crippen LogP contribution is 2.35. The quantitative estimate of drug-likeness (QED) is 0.106. The van der Waals surface area contributed by atoms with E-state index in [1.54, 1.807) is 0 Å². The molecule has 0 saturated heterocycles. The third-order valence-electron chi connectivity index (χ3n) is 8.06. The molecule has 12 nitrogen and oxygen atoms in total. The van der Waals surface area contributed by atoms with Crippen LogP contribution >= 0.6 is 0 Å². The Morgan fingerprint density at radius 3 is 1.29 bits per heavy atom. The first-order valence-electron chi connectivity index (χ1n) is 16.5. The number of primary amides is 3. The highest BCUT2D eigenvalue weighted by molar-refractivity contribution is 5.99. The number of carbonyl (C=O) groups is 3. The van der Waals surface area contributed by atoms with Crippen LogP contribution in [0.15, 0.2) is 97.1 Å². The van der Waals surface area contributed by atoms with Crippen molar-refractivity contribution in [2.45, 2.75) is 13.2 Å². The van der Waals surface area contributed by atoms with Gasteiger partial charge in [0.05, 0.1) is 18.0 Å². The van der Waals surface area contributed by atoms with E-state index in [9.17, 15) is 54.6 Å². The molecule has 20 heteroatoms. The molecule has 2 heterocycles. The van der Waals surface area contributed by atoms with Crippen LogP contribution in [-0.2, 0) is 18.0 Å². The Kier molecular flexibility index (Phi) is 13.1. The van der Waals surface area contributed by atoms with Gasteiger partial charge in [-0.3, -0.25) is 0 Å². The average Bonchev–Trinajstić information content (AvgIpc) is 3.17. The van der Waals surface area contributed by atoms with Crippen LogP contribution in [0.1, 0.15) is 11.1 Å². The summed E-state index contributed by atoms with van der Waals surface area (Å²) in [5, 5.41) is 9.51. The van der Waals surface area contributed by atoms with E-state index in [2.05, 4.69) is 9.97 Å². The van der Waals surface area contributed by atoms with Crippen LogP contribution in [0.2, 0.25) is 0 Å². The van der Waals surface area contributed by atoms with Gasteiger partial charge in [-0.1, -0.05) is 18.2 Å². The second-order valence-corrected chi connectivity index (χ2v) is 11.9. The summed E-state index contributed by atoms with van der Waals surface area (Å²) in [5.41, 5.74) is 13.5. The molecule has 0 spiro atoms. The van der Waals surface area contributed by atoms with Crippen molar-refractivity contribution in [3.63, 3.8) is 0 Å². The van der Waals surface area contributed by atoms with Gasteiger partial charge in [0, 0.05) is 34.4 Å². The summed E-state index contributed by atoms with van der Waals surface area (Å²) in [5.74, 6) is -8.69. The van der Waals surface area contributed by atoms with E-state index in [1.165, 1.54) is 18.2 Å². The highest BCUT2D eigenvalue weighted by Gasteiger charge is 2.27. The first-order chi connectivity index (χ1) is 28.0. The molecule has 5 amide bonds. The number of anilines is 4. The summed E-state index contributed by atoms with van der Waals surface area (Å²) in [6.45, 7) is -0.997. The molecule has 6 rings (SSSR count). The normalized spacial score (nSPS) is 10.7. The first kappa shape index (κ1) is 42.5. The number of halogens is 8. The monoisotopic (exact) mass is 825 g/mol. The molecule has 6 aromatic rings. The van der Waals surface area contributed by atoms with E-state index in [-0.39, 0.29) is 45.3 Å². The number of carbonyl (C=O) groups excluding carboxylic acids is 3. The fourth-order valence-corrected chi connectivity index (χ4v) is 5.51. The smallest absolute Gasteiger partial charge is 0.404 e. The molecular weight excluding hydrogens is 798 g/mol. The fourth-order valence-electron chi connectivity index (χ4n) is 5.51. The van der Waals surface area contributed by atoms with Crippen LogP contribution in [0.4, 0.5) is 72.5 Å². The van der Waals surface area contributed by atoms with Gasteiger partial charge in [-0.15, -0.1) is 0 Å². The van der Waals surface area contributed by atoms with E-state index < -0.39 is 89.3 Å². The Hall–Kier alpha value is -7.61. The molecule has 4 aromatic carbocycles. The molecule has 2 aromatic heterocycles. The summed E-state index contributed by atoms with van der Waals surface area (Å²) in [6, 6.07) is 13.5. The molecule has 59 heavy (non-hydrogen) atoms. The molecule has 0 atom stereocenters. The predicted molar refractivity (Wildman–Crippen MR) is 196 cm³/mol. The van der Waals surface area contributed by atoms with Crippen molar-refractivity contribution in [1.29, 1.82) is 0 Å². The van der Waals surface area contributed by atoms with Gasteiger partial charge in [0.2, 0.25) is 0 Å². The number of aliphatic hydroxyl groups is 1. The van der Waals surface area contributed by atoms with Gasteiger partial charge in [-0.25, -0.2) is 69.3 Å². The lowest BCUT2D eigenvalue weighted by Gasteiger charge is -2.22. The van der Waals surface area contributed by atoms with E-state index in [1.807, 2.05) is 0 Å². The van der Waals surface area contributed by atoms with E-state index >= 15 is 0 Å². The lowest BCUT2D eigenvalue weighted by Crippen LogP contribution is -2.33. The molecular formula is C39H27F8N7O5. The number of benzene rings is 4. The zero-order valence-corrected chi connectivity index (χ0v) is 29.8. The molecule has 0 aliphatic rings. The number of amides is 5. The number of para-hydroxylation sites is 2. The van der Waals surface area contributed by atoms with Gasteiger partial charge in [-0.05, 0) is 66.7 Å². The van der Waals surface area contributed by atoms with Crippen molar-refractivity contribution in [2.75, 3.05) is 9.80 Å². The molecule has 0 fully saturated rings. The highest BCUT2D eigenvalue weighted by atomic mass is 19.2. The lowest BCUT2D eigenvalue weighted by molar-refractivity contribution is 0.150. The molecule has 0 aliphatic carbocycles. The number of nitrogens with two attached hydrogens (primary N) is 3. The minimum Gasteiger partial charge on any atom is -0.445 e. The number of ether oxygens (including phenoxy) is 1. The maximum atomic E-state index is 14.4. The second-order valence-electron chi connectivity index (χ2n) is 11.9. The summed E-state index contributed by atoms with van der Waals surface area (Å²) in [7, 11) is 0. The third kappa shape index (κ3) is 9.51. The van der Waals surface area contributed by atoms with Crippen LogP contribution in [0.5, 0.6) is 0 Å². The second kappa shape index (κ2) is 18.1. The molecule has 304 valence electrons. The fraction of sp³-hybridized carbons (Fsp3) is 0.0513. The van der Waals surface area contributed by atoms with Crippen LogP contribution in [0.25, 0.3) is 22.5 Å². The van der Waals surface area contributed by atoms with Crippen LogP contribution < -0.4 is 27.0 Å². The minimum absolute atomic E-state index is 0.117. The molecule has 0 radical (unpaired) electrons. The number of nitrogens with zero attached hydrogens (tertiary/aromatic N) is 4. The number of pyridine rings is 2. The maximum Gasteiger partial charge on any atom is 0.404 e. The van der Waals surface area contributed by atoms with Crippen molar-refractivity contribution < 1.29 is 59.4 Å². The van der Waals surface area contributed by atoms with Crippen molar-refractivity contribution in [3.05, 3.63) is 155 Å². The largest absolute Gasteiger partial charge is 0.445 e. The number of aliphatic hydroxyl groups excluding tert-OH is 1. The van der Waals surface area contributed by atoms with Gasteiger partial charge in [0.25, 0.3) is 0 Å². The van der Waals surface area contributed by atoms with Crippen molar-refractivity contribution in [2.24, 2.45) is 17.2 Å². The SMILES string of the molecule is NC(=O)N(c1ccc(CO)c(-c2ccc(F)cc2F)n1)c1c(F)cccc1F.NC(=O)OCc1ccc(N(C(N)=O)c2c(F)cccc2F)nc1-c1ccc(F)cc1F. The molecule has 0 saturated carbocycles. The predicted octanol–water partition coefficient (Wildman–Crippen LogP) is 8.13. The van der Waals surface area contributed by atoms with Crippen molar-refractivity contribution in [3.8, 4) is 22.5 Å². The Morgan fingerprint density at radius 2 is 0.932 bits per heavy atom. The number of aromatic nitrogens is 2. The van der Waals surface area contributed by atoms with E-state index in [4.69, 9.17) is 21.9 Å². The van der Waals surface area contributed by atoms with Crippen LogP contribution in [0, 0.1) is 46.5 Å². The molecule has 7 N–H and O–H groups in total. The number of hydrogen-bond donors (Lipinski definition) is 4. The Bertz CT molecular complexity index is 2540. The Balaban J connectivity index is 0.000000225. The summed E-state index contributed by atoms with van der Waals surface area (Å²) >= 11 is 0. The minimum atomic E-state index is -1.27. The lowest BCUT2D eigenvalue weighted by atomic mass is 10.1. The van der Waals surface area contributed by atoms with Crippen LogP contribution in [-0.4, -0.2) is 33.2 Å². The Morgan fingerprint density at radius 1 is 0.542 bits per heavy atom.